The Kier molecular flexibility index (Phi) is 5.97. The van der Waals surface area contributed by atoms with E-state index < -0.39 is 6.61 Å². The Labute approximate surface area is 149 Å². The van der Waals surface area contributed by atoms with E-state index in [2.05, 4.69) is 42.5 Å². The average molecular weight is 332 g/mol. The van der Waals surface area contributed by atoms with Crippen molar-refractivity contribution >= 4 is 17.4 Å². The number of fused-ring (bicyclic) bond motifs is 1. The molecule has 1 aliphatic rings. The lowest BCUT2D eigenvalue weighted by Crippen LogP contribution is -1.97. The molecule has 0 radical (unpaired) electrons. The van der Waals surface area contributed by atoms with Crippen LogP contribution in [-0.4, -0.2) is 17.5 Å². The molecular weight excluding hydrogens is 308 g/mol. The van der Waals surface area contributed by atoms with E-state index in [9.17, 15) is 4.79 Å². The number of hydrogen-bond acceptors (Lipinski definition) is 2. The number of rotatable bonds is 8. The van der Waals surface area contributed by atoms with Crippen molar-refractivity contribution in [3.63, 3.8) is 0 Å². The summed E-state index contributed by atoms with van der Waals surface area (Å²) in [5, 5.41) is 8.71. The van der Waals surface area contributed by atoms with Crippen molar-refractivity contribution in [1.82, 2.24) is 0 Å². The van der Waals surface area contributed by atoms with Crippen molar-refractivity contribution in [2.24, 2.45) is 0 Å². The third kappa shape index (κ3) is 4.77. The summed E-state index contributed by atoms with van der Waals surface area (Å²) in [6.07, 6.45) is 11.2. The van der Waals surface area contributed by atoms with Crippen molar-refractivity contribution in [2.75, 3.05) is 6.61 Å². The second kappa shape index (κ2) is 8.59. The normalized spacial score (nSPS) is 13.1. The topological polar surface area (TPSA) is 37.3 Å². The maximum Gasteiger partial charge on any atom is 0.181 e. The quantitative estimate of drug-likeness (QED) is 0.566. The van der Waals surface area contributed by atoms with Crippen LogP contribution in [0.3, 0.4) is 0 Å². The monoisotopic (exact) mass is 332 g/mol. The molecule has 0 amide bonds. The first-order chi connectivity index (χ1) is 12.3. The minimum absolute atomic E-state index is 0.271. The van der Waals surface area contributed by atoms with Gasteiger partial charge in [0, 0.05) is 0 Å². The standard InChI is InChI=1S/C23H24O2/c24-17-22(25)16-13-19-11-9-18(10-12-19)5-1-2-6-20-14-15-21-7-3-4-8-23(20)21/h3-4,7-14,16,24H,1-2,5-6,15,17H2/b16-13+. The molecule has 0 atom stereocenters. The van der Waals surface area contributed by atoms with Crippen LogP contribution in [0.4, 0.5) is 0 Å². The second-order valence-corrected chi connectivity index (χ2v) is 6.50. The van der Waals surface area contributed by atoms with Crippen LogP contribution in [-0.2, 0) is 17.6 Å². The fraction of sp³-hybridized carbons (Fsp3) is 0.261. The number of aliphatic hydroxyl groups excluding tert-OH is 1. The van der Waals surface area contributed by atoms with Gasteiger partial charge in [0.25, 0.3) is 0 Å². The lowest BCUT2D eigenvalue weighted by molar-refractivity contribution is -0.117. The van der Waals surface area contributed by atoms with Gasteiger partial charge in [-0.25, -0.2) is 0 Å². The Morgan fingerprint density at radius 1 is 1.00 bits per heavy atom. The van der Waals surface area contributed by atoms with Crippen molar-refractivity contribution in [2.45, 2.75) is 32.1 Å². The number of aliphatic hydroxyl groups is 1. The molecule has 0 heterocycles. The number of carbonyl (C=O) groups is 1. The Morgan fingerprint density at radius 3 is 2.56 bits per heavy atom. The molecule has 0 unspecified atom stereocenters. The van der Waals surface area contributed by atoms with Gasteiger partial charge in [-0.05, 0) is 66.0 Å². The minimum Gasteiger partial charge on any atom is -0.388 e. The van der Waals surface area contributed by atoms with E-state index in [1.807, 2.05) is 12.1 Å². The first-order valence-corrected chi connectivity index (χ1v) is 8.94. The summed E-state index contributed by atoms with van der Waals surface area (Å²) in [6, 6.07) is 17.0. The summed E-state index contributed by atoms with van der Waals surface area (Å²) in [5.74, 6) is -0.271. The van der Waals surface area contributed by atoms with E-state index in [1.54, 1.807) is 6.08 Å². The first-order valence-electron chi connectivity index (χ1n) is 8.94. The van der Waals surface area contributed by atoms with Gasteiger partial charge in [-0.3, -0.25) is 4.79 Å². The number of ketones is 1. The van der Waals surface area contributed by atoms with Crippen LogP contribution in [0.25, 0.3) is 11.6 Å². The third-order valence-electron chi connectivity index (χ3n) is 4.69. The van der Waals surface area contributed by atoms with Crippen molar-refractivity contribution in [1.29, 1.82) is 0 Å². The second-order valence-electron chi connectivity index (χ2n) is 6.50. The number of carbonyl (C=O) groups excluding carboxylic acids is 1. The highest BCUT2D eigenvalue weighted by Gasteiger charge is 2.12. The van der Waals surface area contributed by atoms with Gasteiger partial charge in [0.05, 0.1) is 0 Å². The Balaban J connectivity index is 1.44. The molecule has 1 aliphatic carbocycles. The molecule has 2 aromatic carbocycles. The molecular formula is C23H24O2. The average Bonchev–Trinajstić information content (AvgIpc) is 3.07. The van der Waals surface area contributed by atoms with Crippen LogP contribution in [0.1, 0.15) is 41.5 Å². The van der Waals surface area contributed by atoms with E-state index in [-0.39, 0.29) is 5.78 Å². The van der Waals surface area contributed by atoms with Crippen LogP contribution in [0.2, 0.25) is 0 Å². The Morgan fingerprint density at radius 2 is 1.76 bits per heavy atom. The van der Waals surface area contributed by atoms with Gasteiger partial charge in [-0.15, -0.1) is 0 Å². The fourth-order valence-corrected chi connectivity index (χ4v) is 3.27. The van der Waals surface area contributed by atoms with Gasteiger partial charge in [0.15, 0.2) is 5.78 Å². The fourth-order valence-electron chi connectivity index (χ4n) is 3.27. The third-order valence-corrected chi connectivity index (χ3v) is 4.69. The summed E-state index contributed by atoms with van der Waals surface area (Å²) in [6.45, 7) is -0.435. The van der Waals surface area contributed by atoms with Crippen LogP contribution in [0, 0.1) is 0 Å². The number of benzene rings is 2. The Hall–Kier alpha value is -2.45. The van der Waals surface area contributed by atoms with Crippen LogP contribution in [0.15, 0.2) is 60.7 Å². The van der Waals surface area contributed by atoms with Gasteiger partial charge < -0.3 is 5.11 Å². The zero-order chi connectivity index (χ0) is 17.5. The molecule has 0 fully saturated rings. The van der Waals surface area contributed by atoms with Crippen LogP contribution < -0.4 is 0 Å². The first kappa shape index (κ1) is 17.4. The zero-order valence-electron chi connectivity index (χ0n) is 14.4. The SMILES string of the molecule is O=C(/C=C/c1ccc(CCCCC2=CCc3ccccc32)cc1)CO. The number of aryl methyl sites for hydroxylation is 1. The molecule has 0 bridgehead atoms. The number of allylic oxidation sites excluding steroid dienone is 2. The molecule has 3 rings (SSSR count). The Bertz CT molecular complexity index is 782. The summed E-state index contributed by atoms with van der Waals surface area (Å²) in [4.78, 5) is 11.1. The highest BCUT2D eigenvalue weighted by Crippen LogP contribution is 2.30. The summed E-state index contributed by atoms with van der Waals surface area (Å²) >= 11 is 0. The molecule has 128 valence electrons. The van der Waals surface area contributed by atoms with Crippen molar-refractivity contribution in [3.8, 4) is 0 Å². The molecule has 0 aromatic heterocycles. The highest BCUT2D eigenvalue weighted by atomic mass is 16.3. The summed E-state index contributed by atoms with van der Waals surface area (Å²) in [7, 11) is 0. The molecule has 1 N–H and O–H groups in total. The van der Waals surface area contributed by atoms with Gasteiger partial charge >= 0.3 is 0 Å². The molecule has 2 nitrogen and oxygen atoms in total. The van der Waals surface area contributed by atoms with E-state index in [0.717, 1.165) is 24.8 Å². The molecule has 25 heavy (non-hydrogen) atoms. The molecule has 0 saturated heterocycles. The van der Waals surface area contributed by atoms with Crippen LogP contribution in [0.5, 0.6) is 0 Å². The predicted octanol–water partition coefficient (Wildman–Crippen LogP) is 4.61. The predicted molar refractivity (Wildman–Crippen MR) is 103 cm³/mol. The zero-order valence-corrected chi connectivity index (χ0v) is 14.4. The lowest BCUT2D eigenvalue weighted by Gasteiger charge is -2.06. The van der Waals surface area contributed by atoms with E-state index in [4.69, 9.17) is 5.11 Å². The smallest absolute Gasteiger partial charge is 0.181 e. The molecule has 0 aliphatic heterocycles. The van der Waals surface area contributed by atoms with E-state index in [1.165, 1.54) is 41.2 Å². The lowest BCUT2D eigenvalue weighted by atomic mass is 9.99. The van der Waals surface area contributed by atoms with E-state index in [0.29, 0.717) is 0 Å². The van der Waals surface area contributed by atoms with Gasteiger partial charge in [0.1, 0.15) is 6.61 Å². The molecule has 2 aromatic rings. The molecule has 0 spiro atoms. The van der Waals surface area contributed by atoms with Gasteiger partial charge in [-0.1, -0.05) is 60.7 Å². The van der Waals surface area contributed by atoms with Crippen molar-refractivity contribution < 1.29 is 9.90 Å². The molecule has 0 saturated carbocycles. The number of unbranched alkanes of at least 4 members (excludes halogenated alkanes) is 1. The summed E-state index contributed by atoms with van der Waals surface area (Å²) in [5.41, 5.74) is 6.71. The van der Waals surface area contributed by atoms with E-state index >= 15 is 0 Å². The largest absolute Gasteiger partial charge is 0.388 e. The number of hydrogen-bond donors (Lipinski definition) is 1. The maximum absolute atomic E-state index is 11.1. The van der Waals surface area contributed by atoms with Crippen molar-refractivity contribution in [3.05, 3.63) is 82.9 Å². The van der Waals surface area contributed by atoms with Gasteiger partial charge in [-0.2, -0.15) is 0 Å². The van der Waals surface area contributed by atoms with Gasteiger partial charge in [0.2, 0.25) is 0 Å². The molecule has 2 heteroatoms. The van der Waals surface area contributed by atoms with Crippen LogP contribution >= 0.6 is 0 Å². The highest BCUT2D eigenvalue weighted by molar-refractivity contribution is 5.94. The minimum atomic E-state index is -0.435. The summed E-state index contributed by atoms with van der Waals surface area (Å²) < 4.78 is 0. The maximum atomic E-state index is 11.1.